The first-order chi connectivity index (χ1) is 7.18. The number of aromatic nitrogens is 2. The van der Waals surface area contributed by atoms with Crippen molar-refractivity contribution in [1.29, 1.82) is 0 Å². The largest absolute Gasteiger partial charge is 0.234 e. The van der Waals surface area contributed by atoms with Gasteiger partial charge in [-0.3, -0.25) is 0 Å². The molecule has 0 aliphatic rings. The number of benzene rings is 1. The van der Waals surface area contributed by atoms with Crippen LogP contribution in [0.4, 0.5) is 0 Å². The first kappa shape index (κ1) is 9.85. The molecule has 0 radical (unpaired) electrons. The third kappa shape index (κ3) is 1.89. The average molecular weight is 268 g/mol. The van der Waals surface area contributed by atoms with Crippen LogP contribution in [0.5, 0.6) is 0 Å². The summed E-state index contributed by atoms with van der Waals surface area (Å²) >= 11 is 3.30. The topological polar surface area (TPSA) is 61.0 Å². The van der Waals surface area contributed by atoms with Gasteiger partial charge in [-0.2, -0.15) is 0 Å². The van der Waals surface area contributed by atoms with E-state index in [1.54, 1.807) is 18.2 Å². The van der Waals surface area contributed by atoms with Crippen LogP contribution in [0.3, 0.4) is 0 Å². The Balaban J connectivity index is 2.54. The van der Waals surface area contributed by atoms with Crippen LogP contribution in [0, 0.1) is 10.1 Å². The van der Waals surface area contributed by atoms with Crippen molar-refractivity contribution in [3.8, 4) is 11.4 Å². The molecule has 5 nitrogen and oxygen atoms in total. The second-order valence-electron chi connectivity index (χ2n) is 2.84. The van der Waals surface area contributed by atoms with Crippen LogP contribution in [0.15, 0.2) is 41.1 Å². The van der Waals surface area contributed by atoms with Gasteiger partial charge in [0.25, 0.3) is 0 Å². The van der Waals surface area contributed by atoms with Crippen molar-refractivity contribution in [3.63, 3.8) is 0 Å². The fourth-order valence-corrected chi connectivity index (χ4v) is 1.66. The van der Waals surface area contributed by atoms with E-state index in [-0.39, 0.29) is 0 Å². The van der Waals surface area contributed by atoms with Gasteiger partial charge in [0.2, 0.25) is 5.82 Å². The lowest BCUT2D eigenvalue weighted by molar-refractivity contribution is -0.540. The minimum absolute atomic E-state index is 0.321. The molecule has 0 saturated heterocycles. The Morgan fingerprint density at radius 3 is 2.93 bits per heavy atom. The standard InChI is InChI=1S/C9H6BrN3O2/c10-8-3-1-2-7(6-8)9-11-4-5-12(9)13(14)15/h1-6H. The number of nitrogens with zero attached hydrogens (tertiary/aromatic N) is 3. The van der Waals surface area contributed by atoms with E-state index in [0.717, 1.165) is 9.15 Å². The van der Waals surface area contributed by atoms with E-state index in [0.29, 0.717) is 11.4 Å². The average Bonchev–Trinajstić information content (AvgIpc) is 2.65. The molecule has 0 aliphatic carbocycles. The van der Waals surface area contributed by atoms with Crippen molar-refractivity contribution >= 4 is 15.9 Å². The smallest absolute Gasteiger partial charge is 0.206 e. The molecule has 2 aromatic rings. The number of rotatable bonds is 2. The summed E-state index contributed by atoms with van der Waals surface area (Å²) < 4.78 is 1.75. The minimum atomic E-state index is -0.511. The second kappa shape index (κ2) is 3.82. The molecular weight excluding hydrogens is 262 g/mol. The van der Waals surface area contributed by atoms with Crippen molar-refractivity contribution in [3.05, 3.63) is 51.2 Å². The third-order valence-corrected chi connectivity index (χ3v) is 2.37. The molecule has 0 unspecified atom stereocenters. The number of nitro groups is 1. The van der Waals surface area contributed by atoms with E-state index in [1.165, 1.54) is 12.4 Å². The lowest BCUT2D eigenvalue weighted by atomic mass is 10.2. The fourth-order valence-electron chi connectivity index (χ4n) is 1.26. The lowest BCUT2D eigenvalue weighted by Gasteiger charge is -1.99. The van der Waals surface area contributed by atoms with Crippen LogP contribution < -0.4 is 0 Å². The molecule has 2 rings (SSSR count). The summed E-state index contributed by atoms with van der Waals surface area (Å²) in [6, 6.07) is 7.21. The maximum Gasteiger partial charge on any atom is 0.206 e. The fraction of sp³-hybridized carbons (Fsp3) is 0. The van der Waals surface area contributed by atoms with Crippen LogP contribution in [-0.2, 0) is 0 Å². The molecule has 1 aromatic heterocycles. The predicted molar refractivity (Wildman–Crippen MR) is 57.8 cm³/mol. The number of imidazole rings is 1. The molecule has 15 heavy (non-hydrogen) atoms. The highest BCUT2D eigenvalue weighted by molar-refractivity contribution is 9.10. The van der Waals surface area contributed by atoms with Gasteiger partial charge < -0.3 is 0 Å². The van der Waals surface area contributed by atoms with Crippen molar-refractivity contribution in [2.75, 3.05) is 0 Å². The maximum absolute atomic E-state index is 10.7. The van der Waals surface area contributed by atoms with Crippen LogP contribution in [0.25, 0.3) is 11.4 Å². The SMILES string of the molecule is O=[N+]([O-])n1ccnc1-c1cccc(Br)c1. The molecule has 0 saturated carbocycles. The van der Waals surface area contributed by atoms with Crippen molar-refractivity contribution in [2.24, 2.45) is 0 Å². The molecular formula is C9H6BrN3O2. The molecule has 0 spiro atoms. The Morgan fingerprint density at radius 2 is 2.27 bits per heavy atom. The summed E-state index contributed by atoms with van der Waals surface area (Å²) in [5, 5.41) is 10.1. The van der Waals surface area contributed by atoms with E-state index >= 15 is 0 Å². The molecule has 1 aromatic carbocycles. The van der Waals surface area contributed by atoms with Crippen molar-refractivity contribution in [1.82, 2.24) is 9.66 Å². The summed E-state index contributed by atoms with van der Waals surface area (Å²) in [5.41, 5.74) is 0.700. The Kier molecular flexibility index (Phi) is 2.51. The van der Waals surface area contributed by atoms with Crippen molar-refractivity contribution in [2.45, 2.75) is 0 Å². The van der Waals surface area contributed by atoms with Crippen LogP contribution >= 0.6 is 15.9 Å². The highest BCUT2D eigenvalue weighted by Crippen LogP contribution is 2.21. The summed E-state index contributed by atoms with van der Waals surface area (Å²) in [5.74, 6) is 0.321. The van der Waals surface area contributed by atoms with Crippen LogP contribution in [0.1, 0.15) is 0 Å². The summed E-state index contributed by atoms with van der Waals surface area (Å²) in [6.07, 6.45) is 2.72. The zero-order valence-electron chi connectivity index (χ0n) is 7.50. The molecule has 0 amide bonds. The van der Waals surface area contributed by atoms with E-state index in [2.05, 4.69) is 20.9 Å². The Hall–Kier alpha value is -1.69. The second-order valence-corrected chi connectivity index (χ2v) is 3.76. The molecule has 0 fully saturated rings. The van der Waals surface area contributed by atoms with E-state index in [9.17, 15) is 10.1 Å². The lowest BCUT2D eigenvalue weighted by Crippen LogP contribution is -2.08. The van der Waals surface area contributed by atoms with Crippen LogP contribution in [-0.4, -0.2) is 14.7 Å². The molecule has 0 aliphatic heterocycles. The predicted octanol–water partition coefficient (Wildman–Crippen LogP) is 2.35. The highest BCUT2D eigenvalue weighted by atomic mass is 79.9. The van der Waals surface area contributed by atoms with E-state index in [1.807, 2.05) is 6.07 Å². The molecule has 6 heteroatoms. The number of halogens is 1. The first-order valence-corrected chi connectivity index (χ1v) is 4.92. The van der Waals surface area contributed by atoms with Gasteiger partial charge in [0.15, 0.2) is 5.03 Å². The Bertz CT molecular complexity index is 510. The third-order valence-electron chi connectivity index (χ3n) is 1.88. The van der Waals surface area contributed by atoms with Gasteiger partial charge in [0.05, 0.1) is 12.4 Å². The molecule has 76 valence electrons. The first-order valence-electron chi connectivity index (χ1n) is 4.12. The van der Waals surface area contributed by atoms with E-state index < -0.39 is 5.03 Å². The quantitative estimate of drug-likeness (QED) is 0.620. The van der Waals surface area contributed by atoms with Crippen molar-refractivity contribution < 1.29 is 5.03 Å². The molecule has 1 heterocycles. The minimum Gasteiger partial charge on any atom is -0.234 e. The van der Waals surface area contributed by atoms with E-state index in [4.69, 9.17) is 0 Å². The highest BCUT2D eigenvalue weighted by Gasteiger charge is 2.12. The normalized spacial score (nSPS) is 10.2. The number of hydrogen-bond acceptors (Lipinski definition) is 3. The summed E-state index contributed by atoms with van der Waals surface area (Å²) in [4.78, 5) is 14.6. The monoisotopic (exact) mass is 267 g/mol. The molecule has 0 atom stereocenters. The molecule has 0 bridgehead atoms. The maximum atomic E-state index is 10.7. The summed E-state index contributed by atoms with van der Waals surface area (Å²) in [7, 11) is 0. The number of hydrogen-bond donors (Lipinski definition) is 0. The Morgan fingerprint density at radius 1 is 1.47 bits per heavy atom. The van der Waals surface area contributed by atoms with Gasteiger partial charge >= 0.3 is 0 Å². The van der Waals surface area contributed by atoms with Gasteiger partial charge in [-0.25, -0.2) is 15.1 Å². The van der Waals surface area contributed by atoms with Crippen LogP contribution in [0.2, 0.25) is 0 Å². The zero-order valence-corrected chi connectivity index (χ0v) is 9.09. The van der Waals surface area contributed by atoms with Gasteiger partial charge in [-0.1, -0.05) is 32.7 Å². The Labute approximate surface area is 93.6 Å². The summed E-state index contributed by atoms with van der Waals surface area (Å²) in [6.45, 7) is 0. The van der Waals surface area contributed by atoms with Gasteiger partial charge in [-0.15, -0.1) is 0 Å². The molecule has 0 N–H and O–H groups in total. The van der Waals surface area contributed by atoms with Gasteiger partial charge in [0.1, 0.15) is 0 Å². The zero-order chi connectivity index (χ0) is 10.8. The van der Waals surface area contributed by atoms with Gasteiger partial charge in [-0.05, 0) is 12.1 Å². The van der Waals surface area contributed by atoms with Gasteiger partial charge in [0, 0.05) is 10.0 Å².